The van der Waals surface area contributed by atoms with Crippen LogP contribution in [0.25, 0.3) is 12.2 Å². The summed E-state index contributed by atoms with van der Waals surface area (Å²) >= 11 is 6.06. The molecule has 4 rings (SSSR count). The first kappa shape index (κ1) is 27.2. The predicted octanol–water partition coefficient (Wildman–Crippen LogP) is 6.01. The Morgan fingerprint density at radius 2 is 1.76 bits per heavy atom. The van der Waals surface area contributed by atoms with Crippen LogP contribution in [0.3, 0.4) is 0 Å². The molecule has 1 fully saturated rings. The molecule has 1 N–H and O–H groups in total. The number of nitrogens with zero attached hydrogens (tertiary/aromatic N) is 3. The average Bonchev–Trinajstić information content (AvgIpc) is 2.85. The first-order valence-corrected chi connectivity index (χ1v) is 14.3. The van der Waals surface area contributed by atoms with Crippen molar-refractivity contribution in [2.75, 3.05) is 19.4 Å². The standard InChI is InChI=1S/C28H32ClFN4O2S/c1-19-14-21(18-37(35,36)27-7-5-4-6-25(27)29)15-26(30)24(19)13-8-20-16-31-28(32-17-20)33-22-9-11-23(12-10-22)34(2)3/h4-8,13-17,22-23H,9-12,18H2,1-3H3,(H,31,32,33)/b13-8+. The molecule has 0 radical (unpaired) electrons. The highest BCUT2D eigenvalue weighted by Gasteiger charge is 2.23. The van der Waals surface area contributed by atoms with E-state index in [1.54, 1.807) is 49.7 Å². The van der Waals surface area contributed by atoms with E-state index < -0.39 is 15.7 Å². The molecule has 0 aliphatic heterocycles. The number of sulfone groups is 1. The van der Waals surface area contributed by atoms with Crippen LogP contribution in [-0.2, 0) is 15.6 Å². The van der Waals surface area contributed by atoms with Gasteiger partial charge in [0.05, 0.1) is 15.7 Å². The third kappa shape index (κ3) is 6.94. The van der Waals surface area contributed by atoms with Crippen LogP contribution in [0.1, 0.15) is 47.9 Å². The SMILES string of the molecule is Cc1cc(CS(=O)(=O)c2ccccc2Cl)cc(F)c1/C=C/c1cnc(NC2CCC(N(C)C)CC2)nc1. The molecule has 1 saturated carbocycles. The van der Waals surface area contributed by atoms with Crippen molar-refractivity contribution in [3.8, 4) is 0 Å². The minimum absolute atomic E-state index is 0.0397. The molecule has 37 heavy (non-hydrogen) atoms. The molecule has 3 aromatic rings. The Hall–Kier alpha value is -2.81. The molecule has 9 heteroatoms. The molecule has 0 spiro atoms. The Bertz CT molecular complexity index is 1350. The van der Waals surface area contributed by atoms with Gasteiger partial charge in [-0.1, -0.05) is 42.0 Å². The molecule has 0 amide bonds. The van der Waals surface area contributed by atoms with Gasteiger partial charge in [-0.3, -0.25) is 0 Å². The number of aryl methyl sites for hydroxylation is 1. The Morgan fingerprint density at radius 3 is 2.38 bits per heavy atom. The highest BCUT2D eigenvalue weighted by molar-refractivity contribution is 7.90. The summed E-state index contributed by atoms with van der Waals surface area (Å²) in [5.74, 6) is -0.234. The molecule has 0 bridgehead atoms. The van der Waals surface area contributed by atoms with Crippen molar-refractivity contribution in [3.05, 3.63) is 81.9 Å². The van der Waals surface area contributed by atoms with Crippen LogP contribution in [0.4, 0.5) is 10.3 Å². The van der Waals surface area contributed by atoms with Gasteiger partial charge in [-0.25, -0.2) is 22.8 Å². The fraction of sp³-hybridized carbons (Fsp3) is 0.357. The van der Waals surface area contributed by atoms with Gasteiger partial charge in [-0.15, -0.1) is 0 Å². The van der Waals surface area contributed by atoms with Crippen LogP contribution in [-0.4, -0.2) is 49.5 Å². The molecule has 0 saturated heterocycles. The van der Waals surface area contributed by atoms with Gasteiger partial charge in [0.25, 0.3) is 0 Å². The zero-order chi connectivity index (χ0) is 26.6. The number of nitrogens with one attached hydrogen (secondary N) is 1. The summed E-state index contributed by atoms with van der Waals surface area (Å²) in [5, 5.41) is 3.57. The van der Waals surface area contributed by atoms with Crippen LogP contribution < -0.4 is 5.32 Å². The summed E-state index contributed by atoms with van der Waals surface area (Å²) in [6, 6.07) is 10.2. The van der Waals surface area contributed by atoms with Crippen LogP contribution in [0.5, 0.6) is 0 Å². The van der Waals surface area contributed by atoms with E-state index in [0.29, 0.717) is 34.7 Å². The van der Waals surface area contributed by atoms with Crippen molar-refractivity contribution in [2.24, 2.45) is 0 Å². The van der Waals surface area contributed by atoms with E-state index in [4.69, 9.17) is 11.6 Å². The van der Waals surface area contributed by atoms with E-state index in [0.717, 1.165) is 31.2 Å². The van der Waals surface area contributed by atoms with Crippen LogP contribution >= 0.6 is 11.6 Å². The van der Waals surface area contributed by atoms with Crippen LogP contribution in [0, 0.1) is 12.7 Å². The summed E-state index contributed by atoms with van der Waals surface area (Å²) in [7, 11) is 0.546. The maximum atomic E-state index is 15.0. The van der Waals surface area contributed by atoms with E-state index >= 15 is 0 Å². The summed E-state index contributed by atoms with van der Waals surface area (Å²) in [6.45, 7) is 1.75. The topological polar surface area (TPSA) is 75.2 Å². The molecule has 1 aromatic heterocycles. The lowest BCUT2D eigenvalue weighted by atomic mass is 9.91. The summed E-state index contributed by atoms with van der Waals surface area (Å²) in [6.07, 6.45) is 11.3. The van der Waals surface area contributed by atoms with E-state index in [9.17, 15) is 12.8 Å². The Balaban J connectivity index is 1.40. The molecule has 1 aliphatic rings. The molecule has 6 nitrogen and oxygen atoms in total. The van der Waals surface area contributed by atoms with Gasteiger partial charge < -0.3 is 10.2 Å². The summed E-state index contributed by atoms with van der Waals surface area (Å²) < 4.78 is 40.5. The number of aromatic nitrogens is 2. The van der Waals surface area contributed by atoms with E-state index in [2.05, 4.69) is 34.3 Å². The van der Waals surface area contributed by atoms with E-state index in [1.807, 2.05) is 0 Å². The van der Waals surface area contributed by atoms with Gasteiger partial charge in [-0.05, 0) is 76.0 Å². The van der Waals surface area contributed by atoms with Gasteiger partial charge >= 0.3 is 0 Å². The Kier molecular flexibility index (Phi) is 8.62. The number of halogens is 2. The second kappa shape index (κ2) is 11.7. The number of benzene rings is 2. The fourth-order valence-corrected chi connectivity index (χ4v) is 6.61. The molecule has 1 aliphatic carbocycles. The lowest BCUT2D eigenvalue weighted by Gasteiger charge is -2.32. The van der Waals surface area contributed by atoms with Gasteiger partial charge in [0.2, 0.25) is 5.95 Å². The van der Waals surface area contributed by atoms with Crippen molar-refractivity contribution < 1.29 is 12.8 Å². The largest absolute Gasteiger partial charge is 0.351 e. The highest BCUT2D eigenvalue weighted by Crippen LogP contribution is 2.27. The first-order chi connectivity index (χ1) is 17.6. The lowest BCUT2D eigenvalue weighted by Crippen LogP contribution is -2.36. The Labute approximate surface area is 223 Å². The minimum atomic E-state index is -3.71. The third-order valence-electron chi connectivity index (χ3n) is 6.80. The maximum absolute atomic E-state index is 15.0. The quantitative estimate of drug-likeness (QED) is 0.376. The second-order valence-corrected chi connectivity index (χ2v) is 12.1. The number of hydrogen-bond donors (Lipinski definition) is 1. The molecule has 196 valence electrons. The van der Waals surface area contributed by atoms with Gasteiger partial charge in [0.1, 0.15) is 5.82 Å². The highest BCUT2D eigenvalue weighted by atomic mass is 35.5. The average molecular weight is 543 g/mol. The van der Waals surface area contributed by atoms with Crippen molar-refractivity contribution >= 4 is 39.5 Å². The maximum Gasteiger partial charge on any atom is 0.222 e. The number of anilines is 1. The molecule has 2 aromatic carbocycles. The number of rotatable bonds is 8. The van der Waals surface area contributed by atoms with Crippen molar-refractivity contribution in [2.45, 2.75) is 55.3 Å². The molecule has 0 atom stereocenters. The van der Waals surface area contributed by atoms with E-state index in [-0.39, 0.29) is 15.7 Å². The van der Waals surface area contributed by atoms with Gasteiger partial charge in [0.15, 0.2) is 9.84 Å². The van der Waals surface area contributed by atoms with Crippen LogP contribution in [0.15, 0.2) is 53.7 Å². The fourth-order valence-electron chi connectivity index (χ4n) is 4.71. The normalized spacial score (nSPS) is 18.4. The third-order valence-corrected chi connectivity index (χ3v) is 8.98. The van der Waals surface area contributed by atoms with Crippen molar-refractivity contribution in [1.29, 1.82) is 0 Å². The van der Waals surface area contributed by atoms with E-state index in [1.165, 1.54) is 18.2 Å². The minimum Gasteiger partial charge on any atom is -0.351 e. The smallest absolute Gasteiger partial charge is 0.222 e. The lowest BCUT2D eigenvalue weighted by molar-refractivity contribution is 0.221. The molecule has 1 heterocycles. The zero-order valence-corrected chi connectivity index (χ0v) is 22.9. The summed E-state index contributed by atoms with van der Waals surface area (Å²) in [4.78, 5) is 11.2. The first-order valence-electron chi connectivity index (χ1n) is 12.3. The predicted molar refractivity (Wildman–Crippen MR) is 148 cm³/mol. The van der Waals surface area contributed by atoms with Crippen molar-refractivity contribution in [3.63, 3.8) is 0 Å². The monoisotopic (exact) mass is 542 g/mol. The van der Waals surface area contributed by atoms with Gasteiger partial charge in [0, 0.05) is 35.6 Å². The van der Waals surface area contributed by atoms with Gasteiger partial charge in [-0.2, -0.15) is 0 Å². The molecular weight excluding hydrogens is 511 g/mol. The number of hydrogen-bond acceptors (Lipinski definition) is 6. The van der Waals surface area contributed by atoms with Crippen LogP contribution in [0.2, 0.25) is 5.02 Å². The molecular formula is C28H32ClFN4O2S. The second-order valence-electron chi connectivity index (χ2n) is 9.78. The Morgan fingerprint density at radius 1 is 1.08 bits per heavy atom. The molecule has 0 unspecified atom stereocenters. The summed E-state index contributed by atoms with van der Waals surface area (Å²) in [5.41, 5.74) is 2.13. The van der Waals surface area contributed by atoms with Crippen molar-refractivity contribution in [1.82, 2.24) is 14.9 Å². The zero-order valence-electron chi connectivity index (χ0n) is 21.3.